The average molecular weight is 315 g/mol. The van der Waals surface area contributed by atoms with E-state index in [0.29, 0.717) is 16.7 Å². The molecule has 2 aromatic carbocycles. The van der Waals surface area contributed by atoms with E-state index in [1.165, 1.54) is 18.2 Å². The summed E-state index contributed by atoms with van der Waals surface area (Å²) in [6, 6.07) is 10.2. The van der Waals surface area contributed by atoms with Gasteiger partial charge in [0.05, 0.1) is 17.1 Å². The Morgan fingerprint density at radius 1 is 1.13 bits per heavy atom. The van der Waals surface area contributed by atoms with Gasteiger partial charge in [-0.1, -0.05) is 18.2 Å². The van der Waals surface area contributed by atoms with Crippen molar-refractivity contribution in [2.24, 2.45) is 0 Å². The fraction of sp³-hybridized carbons (Fsp3) is 0.125. The minimum absolute atomic E-state index is 0.267. The van der Waals surface area contributed by atoms with Crippen molar-refractivity contribution >= 4 is 17.6 Å². The van der Waals surface area contributed by atoms with E-state index in [1.807, 2.05) is 0 Å². The van der Waals surface area contributed by atoms with Crippen LogP contribution in [0.3, 0.4) is 0 Å². The fourth-order valence-corrected chi connectivity index (χ4v) is 2.06. The molecule has 0 aliphatic rings. The molecular weight excluding hydrogens is 302 g/mol. The molecule has 0 unspecified atom stereocenters. The van der Waals surface area contributed by atoms with E-state index >= 15 is 0 Å². The van der Waals surface area contributed by atoms with Gasteiger partial charge in [0.2, 0.25) is 0 Å². The van der Waals surface area contributed by atoms with E-state index in [4.69, 9.17) is 9.84 Å². The molecule has 0 saturated carbocycles. The third kappa shape index (κ3) is 3.52. The first-order valence-electron chi connectivity index (χ1n) is 6.73. The number of nitro benzene ring substituents is 1. The Hall–Kier alpha value is -3.22. The summed E-state index contributed by atoms with van der Waals surface area (Å²) in [7, 11) is 0. The van der Waals surface area contributed by atoms with Crippen molar-refractivity contribution in [3.8, 4) is 11.1 Å². The maximum atomic E-state index is 11.6. The van der Waals surface area contributed by atoms with E-state index in [1.54, 1.807) is 31.2 Å². The summed E-state index contributed by atoms with van der Waals surface area (Å²) in [6.07, 6.45) is 0. The molecule has 0 fully saturated rings. The van der Waals surface area contributed by atoms with Gasteiger partial charge in [0.25, 0.3) is 5.69 Å². The Balaban J connectivity index is 2.39. The second kappa shape index (κ2) is 6.69. The summed E-state index contributed by atoms with van der Waals surface area (Å²) in [5.41, 5.74) is 0.619. The van der Waals surface area contributed by atoms with Crippen molar-refractivity contribution in [1.82, 2.24) is 0 Å². The fourth-order valence-electron chi connectivity index (χ4n) is 2.06. The van der Waals surface area contributed by atoms with Gasteiger partial charge in [0.15, 0.2) is 0 Å². The van der Waals surface area contributed by atoms with Crippen LogP contribution in [0.4, 0.5) is 5.69 Å². The van der Waals surface area contributed by atoms with Crippen LogP contribution in [0.25, 0.3) is 11.1 Å². The van der Waals surface area contributed by atoms with Gasteiger partial charge in [-0.2, -0.15) is 0 Å². The minimum atomic E-state index is -1.36. The second-order valence-electron chi connectivity index (χ2n) is 4.59. The monoisotopic (exact) mass is 315 g/mol. The molecule has 1 N–H and O–H groups in total. The highest BCUT2D eigenvalue weighted by atomic mass is 16.6. The highest BCUT2D eigenvalue weighted by Crippen LogP contribution is 2.27. The predicted molar refractivity (Wildman–Crippen MR) is 81.4 cm³/mol. The molecule has 2 rings (SSSR count). The van der Waals surface area contributed by atoms with Crippen LogP contribution in [-0.4, -0.2) is 28.6 Å². The zero-order chi connectivity index (χ0) is 17.0. The molecule has 118 valence electrons. The first-order chi connectivity index (χ1) is 10.9. The summed E-state index contributed by atoms with van der Waals surface area (Å²) in [6.45, 7) is 1.97. The topological polar surface area (TPSA) is 107 Å². The molecule has 0 bridgehead atoms. The van der Waals surface area contributed by atoms with Crippen LogP contribution in [0.5, 0.6) is 0 Å². The third-order valence-corrected chi connectivity index (χ3v) is 3.15. The van der Waals surface area contributed by atoms with Gasteiger partial charge in [0, 0.05) is 6.07 Å². The van der Waals surface area contributed by atoms with Crippen molar-refractivity contribution < 1.29 is 24.4 Å². The minimum Gasteiger partial charge on any atom is -0.477 e. The van der Waals surface area contributed by atoms with Gasteiger partial charge in [-0.25, -0.2) is 9.59 Å². The molecule has 7 heteroatoms. The van der Waals surface area contributed by atoms with Gasteiger partial charge in [-0.3, -0.25) is 10.1 Å². The number of nitrogens with zero attached hydrogens (tertiary/aromatic N) is 1. The van der Waals surface area contributed by atoms with Crippen LogP contribution in [0, 0.1) is 10.1 Å². The third-order valence-electron chi connectivity index (χ3n) is 3.15. The summed E-state index contributed by atoms with van der Waals surface area (Å²) in [5.74, 6) is -1.81. The van der Waals surface area contributed by atoms with E-state index in [0.717, 1.165) is 0 Å². The number of nitro groups is 1. The number of carboxylic acid groups (broad SMARTS) is 1. The first-order valence-corrected chi connectivity index (χ1v) is 6.73. The molecule has 0 aromatic heterocycles. The molecule has 0 atom stereocenters. The lowest BCUT2D eigenvalue weighted by Crippen LogP contribution is -2.04. The summed E-state index contributed by atoms with van der Waals surface area (Å²) < 4.78 is 4.87. The molecule has 0 amide bonds. The Kier molecular flexibility index (Phi) is 4.70. The number of esters is 1. The Morgan fingerprint density at radius 2 is 1.74 bits per heavy atom. The van der Waals surface area contributed by atoms with Crippen molar-refractivity contribution in [2.75, 3.05) is 6.61 Å². The number of carboxylic acids is 1. The standard InChI is InChI=1S/C16H13NO6/c1-2-23-16(20)11-5-3-10(4-6-11)12-7-8-13(15(18)19)14(9-12)17(21)22/h3-9H,2H2,1H3,(H,18,19). The molecule has 7 nitrogen and oxygen atoms in total. The Labute approximate surface area is 131 Å². The lowest BCUT2D eigenvalue weighted by Gasteiger charge is -2.06. The molecule has 0 spiro atoms. The number of hydrogen-bond donors (Lipinski definition) is 1. The largest absolute Gasteiger partial charge is 0.477 e. The number of benzene rings is 2. The van der Waals surface area contributed by atoms with Crippen molar-refractivity contribution in [3.05, 3.63) is 63.7 Å². The number of ether oxygens (including phenoxy) is 1. The van der Waals surface area contributed by atoms with Gasteiger partial charge in [-0.15, -0.1) is 0 Å². The molecule has 0 aliphatic carbocycles. The quantitative estimate of drug-likeness (QED) is 0.516. The van der Waals surface area contributed by atoms with Gasteiger partial charge in [-0.05, 0) is 36.2 Å². The maximum absolute atomic E-state index is 11.6. The summed E-state index contributed by atoms with van der Waals surface area (Å²) in [5, 5.41) is 20.0. The number of rotatable bonds is 5. The zero-order valence-electron chi connectivity index (χ0n) is 12.2. The number of aromatic carboxylic acids is 1. The lowest BCUT2D eigenvalue weighted by atomic mass is 10.0. The van der Waals surface area contributed by atoms with E-state index in [-0.39, 0.29) is 12.2 Å². The van der Waals surface area contributed by atoms with Gasteiger partial charge in [0.1, 0.15) is 5.56 Å². The summed E-state index contributed by atoms with van der Waals surface area (Å²) in [4.78, 5) is 32.8. The molecular formula is C16H13NO6. The average Bonchev–Trinajstić information content (AvgIpc) is 2.54. The predicted octanol–water partition coefficient (Wildman–Crippen LogP) is 3.14. The van der Waals surface area contributed by atoms with Crippen molar-refractivity contribution in [1.29, 1.82) is 0 Å². The second-order valence-corrected chi connectivity index (χ2v) is 4.59. The van der Waals surface area contributed by atoms with E-state index in [2.05, 4.69) is 0 Å². The number of carbonyl (C=O) groups is 2. The Morgan fingerprint density at radius 3 is 2.26 bits per heavy atom. The van der Waals surface area contributed by atoms with Crippen LogP contribution >= 0.6 is 0 Å². The highest BCUT2D eigenvalue weighted by molar-refractivity contribution is 5.94. The Bertz CT molecular complexity index is 767. The number of hydrogen-bond acceptors (Lipinski definition) is 5. The highest BCUT2D eigenvalue weighted by Gasteiger charge is 2.20. The van der Waals surface area contributed by atoms with E-state index in [9.17, 15) is 19.7 Å². The molecule has 0 saturated heterocycles. The van der Waals surface area contributed by atoms with Crippen molar-refractivity contribution in [2.45, 2.75) is 6.92 Å². The molecule has 0 radical (unpaired) electrons. The van der Waals surface area contributed by atoms with Crippen LogP contribution in [-0.2, 0) is 4.74 Å². The molecule has 0 aliphatic heterocycles. The van der Waals surface area contributed by atoms with Gasteiger partial charge < -0.3 is 9.84 Å². The van der Waals surface area contributed by atoms with Crippen LogP contribution in [0.15, 0.2) is 42.5 Å². The van der Waals surface area contributed by atoms with E-state index < -0.39 is 22.5 Å². The number of carbonyl (C=O) groups excluding carboxylic acids is 1. The molecule has 23 heavy (non-hydrogen) atoms. The van der Waals surface area contributed by atoms with Gasteiger partial charge >= 0.3 is 11.9 Å². The summed E-state index contributed by atoms with van der Waals surface area (Å²) >= 11 is 0. The van der Waals surface area contributed by atoms with Crippen LogP contribution < -0.4 is 0 Å². The smallest absolute Gasteiger partial charge is 0.342 e. The van der Waals surface area contributed by atoms with Crippen LogP contribution in [0.2, 0.25) is 0 Å². The van der Waals surface area contributed by atoms with Crippen molar-refractivity contribution in [3.63, 3.8) is 0 Å². The maximum Gasteiger partial charge on any atom is 0.342 e. The molecule has 0 heterocycles. The molecule has 2 aromatic rings. The zero-order valence-corrected chi connectivity index (χ0v) is 12.2. The first kappa shape index (κ1) is 16.2. The SMILES string of the molecule is CCOC(=O)c1ccc(-c2ccc(C(=O)O)c([N+](=O)[O-])c2)cc1. The van der Waals surface area contributed by atoms with Crippen LogP contribution in [0.1, 0.15) is 27.6 Å². The normalized spacial score (nSPS) is 10.1. The lowest BCUT2D eigenvalue weighted by molar-refractivity contribution is -0.385.